The van der Waals surface area contributed by atoms with E-state index >= 15 is 0 Å². The van der Waals surface area contributed by atoms with Gasteiger partial charge in [0.15, 0.2) is 0 Å². The number of rotatable bonds is 4. The topological polar surface area (TPSA) is 58.4 Å². The molecule has 2 rings (SSSR count). The van der Waals surface area contributed by atoms with Crippen molar-refractivity contribution >= 4 is 5.97 Å². The van der Waals surface area contributed by atoms with Crippen molar-refractivity contribution in [2.24, 2.45) is 7.05 Å². The van der Waals surface area contributed by atoms with Crippen LogP contribution in [0.25, 0.3) is 0 Å². The van der Waals surface area contributed by atoms with Gasteiger partial charge in [-0.2, -0.15) is 5.10 Å². The van der Waals surface area contributed by atoms with E-state index in [1.807, 2.05) is 31.6 Å². The summed E-state index contributed by atoms with van der Waals surface area (Å²) >= 11 is 0. The van der Waals surface area contributed by atoms with Gasteiger partial charge >= 0.3 is 5.97 Å². The minimum Gasteiger partial charge on any atom is -0.480 e. The van der Waals surface area contributed by atoms with Gasteiger partial charge in [-0.05, 0) is 38.8 Å². The number of aliphatic carboxylic acids is 1. The molecule has 100 valence electrons. The van der Waals surface area contributed by atoms with Crippen LogP contribution < -0.4 is 0 Å². The van der Waals surface area contributed by atoms with Crippen LogP contribution in [-0.4, -0.2) is 37.8 Å². The second kappa shape index (κ2) is 4.72. The summed E-state index contributed by atoms with van der Waals surface area (Å²) in [5.41, 5.74) is 1.37. The van der Waals surface area contributed by atoms with Crippen molar-refractivity contribution in [3.8, 4) is 0 Å². The second-order valence-electron chi connectivity index (χ2n) is 5.12. The molecule has 1 atom stereocenters. The van der Waals surface area contributed by atoms with Crippen LogP contribution in [0.15, 0.2) is 6.07 Å². The number of likely N-dealkylation sites (tertiary alicyclic amines) is 1. The molecule has 5 nitrogen and oxygen atoms in total. The van der Waals surface area contributed by atoms with Crippen LogP contribution in [0.2, 0.25) is 0 Å². The van der Waals surface area contributed by atoms with E-state index in [0.29, 0.717) is 13.0 Å². The first-order valence-corrected chi connectivity index (χ1v) is 6.47. The number of aromatic nitrogens is 2. The predicted octanol–water partition coefficient (Wildman–Crippen LogP) is 1.56. The Hall–Kier alpha value is -1.36. The van der Waals surface area contributed by atoms with Gasteiger partial charge in [-0.25, -0.2) is 0 Å². The second-order valence-corrected chi connectivity index (χ2v) is 5.12. The molecule has 0 aromatic carbocycles. The minimum atomic E-state index is -0.693. The normalized spacial score (nSPS) is 24.6. The lowest BCUT2D eigenvalue weighted by Gasteiger charge is -2.33. The lowest BCUT2D eigenvalue weighted by molar-refractivity contribution is -0.150. The van der Waals surface area contributed by atoms with Gasteiger partial charge in [-0.1, -0.05) is 6.92 Å². The van der Waals surface area contributed by atoms with Crippen molar-refractivity contribution in [1.82, 2.24) is 14.7 Å². The molecule has 1 unspecified atom stereocenters. The Bertz CT molecular complexity index is 455. The molecule has 2 heterocycles. The first-order valence-electron chi connectivity index (χ1n) is 6.47. The van der Waals surface area contributed by atoms with Crippen LogP contribution in [0.4, 0.5) is 0 Å². The molecule has 0 amide bonds. The van der Waals surface area contributed by atoms with Gasteiger partial charge in [-0.15, -0.1) is 0 Å². The maximum Gasteiger partial charge on any atom is 0.324 e. The van der Waals surface area contributed by atoms with Gasteiger partial charge in [0, 0.05) is 13.6 Å². The summed E-state index contributed by atoms with van der Waals surface area (Å²) < 4.78 is 1.84. The zero-order valence-electron chi connectivity index (χ0n) is 11.3. The molecular formula is C13H21N3O2. The summed E-state index contributed by atoms with van der Waals surface area (Å²) in [6.07, 6.45) is 2.35. The lowest BCUT2D eigenvalue weighted by atomic mass is 9.93. The number of hydrogen-bond acceptors (Lipinski definition) is 3. The third-order valence-corrected chi connectivity index (χ3v) is 4.06. The summed E-state index contributed by atoms with van der Waals surface area (Å²) in [6, 6.07) is 2.03. The molecule has 1 aliphatic rings. The van der Waals surface area contributed by atoms with E-state index in [0.717, 1.165) is 30.8 Å². The van der Waals surface area contributed by atoms with Gasteiger partial charge in [0.25, 0.3) is 0 Å². The van der Waals surface area contributed by atoms with Gasteiger partial charge in [0.2, 0.25) is 0 Å². The quantitative estimate of drug-likeness (QED) is 0.882. The average molecular weight is 251 g/mol. The fourth-order valence-electron chi connectivity index (χ4n) is 2.97. The zero-order chi connectivity index (χ0) is 13.3. The van der Waals surface area contributed by atoms with Gasteiger partial charge in [0.1, 0.15) is 5.54 Å². The number of nitrogens with zero attached hydrogens (tertiary/aromatic N) is 3. The third-order valence-electron chi connectivity index (χ3n) is 4.06. The highest BCUT2D eigenvalue weighted by atomic mass is 16.4. The lowest BCUT2D eigenvalue weighted by Crippen LogP contribution is -2.49. The molecule has 1 fully saturated rings. The van der Waals surface area contributed by atoms with E-state index in [9.17, 15) is 9.90 Å². The van der Waals surface area contributed by atoms with Gasteiger partial charge < -0.3 is 5.11 Å². The van der Waals surface area contributed by atoms with Crippen molar-refractivity contribution in [2.45, 2.75) is 45.2 Å². The van der Waals surface area contributed by atoms with Crippen LogP contribution >= 0.6 is 0 Å². The van der Waals surface area contributed by atoms with E-state index < -0.39 is 11.5 Å². The number of carboxylic acid groups (broad SMARTS) is 1. The van der Waals surface area contributed by atoms with E-state index in [1.165, 1.54) is 0 Å². The predicted molar refractivity (Wildman–Crippen MR) is 68.2 cm³/mol. The molecule has 0 spiro atoms. The Morgan fingerprint density at radius 1 is 1.61 bits per heavy atom. The first kappa shape index (κ1) is 13.1. The van der Waals surface area contributed by atoms with Crippen LogP contribution in [-0.2, 0) is 18.4 Å². The summed E-state index contributed by atoms with van der Waals surface area (Å²) in [6.45, 7) is 5.43. The van der Waals surface area contributed by atoms with Crippen molar-refractivity contribution in [3.05, 3.63) is 17.5 Å². The number of hydrogen-bond donors (Lipinski definition) is 1. The smallest absolute Gasteiger partial charge is 0.324 e. The van der Waals surface area contributed by atoms with Crippen molar-refractivity contribution in [3.63, 3.8) is 0 Å². The molecule has 0 aliphatic carbocycles. The maximum absolute atomic E-state index is 11.6. The van der Waals surface area contributed by atoms with Crippen molar-refractivity contribution in [1.29, 1.82) is 0 Å². The van der Waals surface area contributed by atoms with Crippen LogP contribution in [0.5, 0.6) is 0 Å². The molecule has 1 N–H and O–H groups in total. The molecule has 1 saturated heterocycles. The molecule has 1 aromatic rings. The van der Waals surface area contributed by atoms with Crippen LogP contribution in [0, 0.1) is 6.92 Å². The molecule has 0 radical (unpaired) electrons. The first-order chi connectivity index (χ1) is 8.49. The fraction of sp³-hybridized carbons (Fsp3) is 0.692. The number of aryl methyl sites for hydroxylation is 2. The Kier molecular flexibility index (Phi) is 3.43. The Morgan fingerprint density at radius 2 is 2.33 bits per heavy atom. The van der Waals surface area contributed by atoms with E-state index in [1.54, 1.807) is 0 Å². The zero-order valence-corrected chi connectivity index (χ0v) is 11.3. The van der Waals surface area contributed by atoms with E-state index in [2.05, 4.69) is 10.00 Å². The molecule has 0 saturated carbocycles. The van der Waals surface area contributed by atoms with Crippen LogP contribution in [0.3, 0.4) is 0 Å². The number of carbonyl (C=O) groups is 1. The Labute approximate surface area is 107 Å². The monoisotopic (exact) mass is 251 g/mol. The largest absolute Gasteiger partial charge is 0.480 e. The summed E-state index contributed by atoms with van der Waals surface area (Å²) in [7, 11) is 1.91. The highest BCUT2D eigenvalue weighted by Gasteiger charge is 2.46. The van der Waals surface area contributed by atoms with Crippen LogP contribution in [0.1, 0.15) is 37.6 Å². The summed E-state index contributed by atoms with van der Waals surface area (Å²) in [4.78, 5) is 13.7. The highest BCUT2D eigenvalue weighted by Crippen LogP contribution is 2.34. The highest BCUT2D eigenvalue weighted by molar-refractivity contribution is 5.79. The van der Waals surface area contributed by atoms with E-state index in [4.69, 9.17) is 0 Å². The molecule has 1 aromatic heterocycles. The fourth-order valence-corrected chi connectivity index (χ4v) is 2.97. The van der Waals surface area contributed by atoms with E-state index in [-0.39, 0.29) is 0 Å². The summed E-state index contributed by atoms with van der Waals surface area (Å²) in [5, 5.41) is 13.8. The molecule has 18 heavy (non-hydrogen) atoms. The molecule has 1 aliphatic heterocycles. The van der Waals surface area contributed by atoms with Crippen molar-refractivity contribution in [2.75, 3.05) is 6.54 Å². The maximum atomic E-state index is 11.6. The molecule has 5 heteroatoms. The SMILES string of the molecule is CCC1(C(=O)O)CCCN1Cc1cc(C)nn1C. The van der Waals surface area contributed by atoms with Gasteiger partial charge in [0.05, 0.1) is 11.4 Å². The van der Waals surface area contributed by atoms with Gasteiger partial charge in [-0.3, -0.25) is 14.4 Å². The molecule has 0 bridgehead atoms. The average Bonchev–Trinajstić information content (AvgIpc) is 2.84. The molecular weight excluding hydrogens is 230 g/mol. The minimum absolute atomic E-state index is 0.652. The van der Waals surface area contributed by atoms with Crippen molar-refractivity contribution < 1.29 is 9.90 Å². The Balaban J connectivity index is 2.22. The number of carboxylic acids is 1. The third kappa shape index (κ3) is 2.03. The standard InChI is InChI=1S/C13H21N3O2/c1-4-13(12(17)18)6-5-7-16(13)9-11-8-10(2)14-15(11)3/h8H,4-7,9H2,1-3H3,(H,17,18). The summed E-state index contributed by atoms with van der Waals surface area (Å²) in [5.74, 6) is -0.693. The Morgan fingerprint density at radius 3 is 2.83 bits per heavy atom.